The average molecular weight is 821 g/mol. The highest BCUT2D eigenvalue weighted by Crippen LogP contribution is 2.17. The molecule has 0 atom stereocenters. The molecule has 0 saturated carbocycles. The van der Waals surface area contributed by atoms with E-state index < -0.39 is 42.3 Å². The molecule has 0 heterocycles. The summed E-state index contributed by atoms with van der Waals surface area (Å²) in [6.07, 6.45) is 15.4. The van der Waals surface area contributed by atoms with E-state index in [1.807, 2.05) is 37.4 Å². The number of hydrogen-bond donors (Lipinski definition) is 7. The molecule has 0 rings (SSSR count). The molecule has 0 aliphatic heterocycles. The lowest BCUT2D eigenvalue weighted by atomic mass is 9.80. The van der Waals surface area contributed by atoms with Gasteiger partial charge in [0.2, 0.25) is 5.91 Å². The van der Waals surface area contributed by atoms with Gasteiger partial charge in [-0.25, -0.2) is 0 Å². The van der Waals surface area contributed by atoms with Crippen molar-refractivity contribution in [1.82, 2.24) is 34.2 Å². The van der Waals surface area contributed by atoms with Crippen LogP contribution in [0.4, 0.5) is 0 Å². The molecule has 0 aliphatic rings. The fraction of sp³-hybridized carbons (Fsp3) is 0.974. The predicted molar refractivity (Wildman–Crippen MR) is 251 cm³/mol. The van der Waals surface area contributed by atoms with E-state index in [0.29, 0.717) is 6.42 Å². The number of amides is 1. The Bertz CT molecular complexity index is 919. The lowest BCUT2D eigenvalue weighted by Gasteiger charge is -2.33. The minimum atomic E-state index is -0.608. The monoisotopic (exact) mass is 822 g/mol. The Hall–Kier alpha value is -0.620. The SMILES string of the molecule is CCCCCCC(=O)NCCCCCCC(CN(CCCCN(CCCN(C)B(C)O)B(C)O)B(C)O)CN(CCCCN(CCCN(C)B(C)O)B(C)O)B(C)O. The number of carbonyl (C=O) groups excluding carboxylic acids is 1. The molecule has 0 fully saturated rings. The summed E-state index contributed by atoms with van der Waals surface area (Å²) in [4.78, 5) is 24.4. The molecule has 0 radical (unpaired) electrons. The second-order valence-corrected chi connectivity index (χ2v) is 17.2. The maximum absolute atomic E-state index is 12.2. The molecule has 14 nitrogen and oxygen atoms in total. The third-order valence-corrected chi connectivity index (χ3v) is 11.7. The molecule has 336 valence electrons. The van der Waals surface area contributed by atoms with Crippen LogP contribution in [0.2, 0.25) is 40.9 Å². The summed E-state index contributed by atoms with van der Waals surface area (Å²) in [5.74, 6) is 0.401. The molecule has 0 bridgehead atoms. The van der Waals surface area contributed by atoms with E-state index in [4.69, 9.17) is 0 Å². The first-order valence-corrected chi connectivity index (χ1v) is 23.2. The molecule has 0 aliphatic carbocycles. The van der Waals surface area contributed by atoms with E-state index in [9.17, 15) is 34.9 Å². The largest absolute Gasteiger partial charge is 0.437 e. The van der Waals surface area contributed by atoms with E-state index in [2.05, 4.69) is 31.5 Å². The summed E-state index contributed by atoms with van der Waals surface area (Å²) in [7, 11) is 0.479. The second-order valence-electron chi connectivity index (χ2n) is 17.2. The van der Waals surface area contributed by atoms with Gasteiger partial charge < -0.3 is 64.3 Å². The van der Waals surface area contributed by atoms with Gasteiger partial charge in [0.05, 0.1) is 0 Å². The van der Waals surface area contributed by atoms with E-state index in [-0.39, 0.29) is 11.8 Å². The van der Waals surface area contributed by atoms with Crippen LogP contribution in [-0.4, -0.2) is 193 Å². The smallest absolute Gasteiger partial charge is 0.376 e. The minimum absolute atomic E-state index is 0.158. The van der Waals surface area contributed by atoms with Crippen molar-refractivity contribution in [3.05, 3.63) is 0 Å². The van der Waals surface area contributed by atoms with Crippen molar-refractivity contribution in [1.29, 1.82) is 0 Å². The van der Waals surface area contributed by atoms with Gasteiger partial charge in [-0.2, -0.15) is 0 Å². The Morgan fingerprint density at radius 1 is 0.466 bits per heavy atom. The normalized spacial score (nSPS) is 12.0. The van der Waals surface area contributed by atoms with Crippen molar-refractivity contribution in [2.24, 2.45) is 5.92 Å². The van der Waals surface area contributed by atoms with Crippen LogP contribution in [0.1, 0.15) is 110 Å². The minimum Gasteiger partial charge on any atom is -0.437 e. The summed E-state index contributed by atoms with van der Waals surface area (Å²) in [6, 6.07) is 0. The Kier molecular flexibility index (Phi) is 35.5. The Balaban J connectivity index is 5.35. The number of unbranched alkanes of at least 4 members (excludes halogenated alkanes) is 8. The Labute approximate surface area is 359 Å². The first-order chi connectivity index (χ1) is 27.5. The number of nitrogens with zero attached hydrogens (tertiary/aromatic N) is 6. The van der Waals surface area contributed by atoms with Gasteiger partial charge >= 0.3 is 42.3 Å². The van der Waals surface area contributed by atoms with Crippen LogP contribution in [0.5, 0.6) is 0 Å². The van der Waals surface area contributed by atoms with E-state index >= 15 is 0 Å². The fourth-order valence-corrected chi connectivity index (χ4v) is 7.36. The molecular weight excluding hydrogens is 731 g/mol. The topological polar surface area (TPSA) is 170 Å². The molecule has 0 unspecified atom stereocenters. The van der Waals surface area contributed by atoms with Gasteiger partial charge in [-0.05, 0) is 184 Å². The first kappa shape index (κ1) is 57.4. The van der Waals surface area contributed by atoms with Crippen molar-refractivity contribution in [2.75, 3.05) is 86.1 Å². The molecule has 0 aromatic rings. The molecule has 0 aromatic heterocycles. The first-order valence-electron chi connectivity index (χ1n) is 23.2. The fourth-order valence-electron chi connectivity index (χ4n) is 7.36. The molecule has 7 N–H and O–H groups in total. The van der Waals surface area contributed by atoms with Crippen LogP contribution < -0.4 is 5.32 Å². The summed E-state index contributed by atoms with van der Waals surface area (Å²) in [6.45, 7) is 21.1. The second kappa shape index (κ2) is 35.9. The van der Waals surface area contributed by atoms with Gasteiger partial charge in [0.15, 0.2) is 0 Å². The van der Waals surface area contributed by atoms with E-state index in [1.54, 1.807) is 27.3 Å². The highest BCUT2D eigenvalue weighted by Gasteiger charge is 2.26. The van der Waals surface area contributed by atoms with Crippen LogP contribution >= 0.6 is 0 Å². The standard InChI is InChI=1S/C38H89B6N7O7/c1-10-11-12-16-25-38(52)45-26-17-14-13-15-24-37(35-50(43(6)57)31-20-18-29-48(41(4)55)33-22-27-46(8)39(2)53)36-51(44(7)58)32-21-19-30-49(42(5)56)34-23-28-47(9)40(3)54/h37,53-58H,10-36H2,1-9H3,(H,45,52). The molecular formula is C38H89B6N7O7. The van der Waals surface area contributed by atoms with Crippen molar-refractivity contribution >= 4 is 48.2 Å². The summed E-state index contributed by atoms with van der Waals surface area (Å²) >= 11 is 0. The molecule has 1 amide bonds. The van der Waals surface area contributed by atoms with Gasteiger partial charge in [0.1, 0.15) is 0 Å². The van der Waals surface area contributed by atoms with Gasteiger partial charge in [-0.3, -0.25) is 4.79 Å². The molecule has 20 heteroatoms. The van der Waals surface area contributed by atoms with Crippen LogP contribution in [-0.2, 0) is 4.79 Å². The zero-order valence-corrected chi connectivity index (χ0v) is 38.9. The van der Waals surface area contributed by atoms with E-state index in [0.717, 1.165) is 155 Å². The molecule has 0 aromatic carbocycles. The lowest BCUT2D eigenvalue weighted by molar-refractivity contribution is -0.121. The van der Waals surface area contributed by atoms with Crippen molar-refractivity contribution in [2.45, 2.75) is 151 Å². The number of hydrogen-bond acceptors (Lipinski definition) is 13. The van der Waals surface area contributed by atoms with Crippen molar-refractivity contribution in [3.63, 3.8) is 0 Å². The number of carbonyl (C=O) groups is 1. The third-order valence-electron chi connectivity index (χ3n) is 11.7. The highest BCUT2D eigenvalue weighted by atomic mass is 16.2. The summed E-state index contributed by atoms with van der Waals surface area (Å²) < 4.78 is 0. The van der Waals surface area contributed by atoms with Crippen LogP contribution in [0, 0.1) is 5.92 Å². The maximum Gasteiger partial charge on any atom is 0.376 e. The van der Waals surface area contributed by atoms with Gasteiger partial charge in [0.25, 0.3) is 0 Å². The zero-order chi connectivity index (χ0) is 43.9. The van der Waals surface area contributed by atoms with Crippen LogP contribution in [0.25, 0.3) is 0 Å². The van der Waals surface area contributed by atoms with E-state index in [1.165, 1.54) is 12.8 Å². The van der Waals surface area contributed by atoms with Gasteiger partial charge in [-0.1, -0.05) is 45.4 Å². The Morgan fingerprint density at radius 2 is 0.845 bits per heavy atom. The number of rotatable bonds is 40. The molecule has 0 spiro atoms. The summed E-state index contributed by atoms with van der Waals surface area (Å²) in [5, 5.41) is 65.2. The predicted octanol–water partition coefficient (Wildman–Crippen LogP) is 2.71. The van der Waals surface area contributed by atoms with Crippen molar-refractivity contribution < 1.29 is 34.9 Å². The Morgan fingerprint density at radius 3 is 1.24 bits per heavy atom. The quantitative estimate of drug-likeness (QED) is 0.0357. The van der Waals surface area contributed by atoms with Gasteiger partial charge in [0, 0.05) is 13.0 Å². The average Bonchev–Trinajstić information content (AvgIpc) is 3.15. The van der Waals surface area contributed by atoms with Gasteiger partial charge in [-0.15, -0.1) is 0 Å². The zero-order valence-electron chi connectivity index (χ0n) is 38.9. The van der Waals surface area contributed by atoms with Crippen LogP contribution in [0.15, 0.2) is 0 Å². The highest BCUT2D eigenvalue weighted by molar-refractivity contribution is 6.46. The molecule has 58 heavy (non-hydrogen) atoms. The van der Waals surface area contributed by atoms with Crippen molar-refractivity contribution in [3.8, 4) is 0 Å². The molecule has 0 saturated heterocycles. The van der Waals surface area contributed by atoms with Crippen LogP contribution in [0.3, 0.4) is 0 Å². The number of nitrogens with one attached hydrogen (secondary N) is 1. The third kappa shape index (κ3) is 30.4. The summed E-state index contributed by atoms with van der Waals surface area (Å²) in [5.41, 5.74) is 0. The lowest BCUT2D eigenvalue weighted by Crippen LogP contribution is -2.47. The maximum atomic E-state index is 12.2.